The molecule has 6 rings (SSSR count). The van der Waals surface area contributed by atoms with Crippen LogP contribution in [-0.4, -0.2) is 32.4 Å². The Morgan fingerprint density at radius 3 is 2.50 bits per heavy atom. The van der Waals surface area contributed by atoms with Gasteiger partial charge in [-0.15, -0.1) is 0 Å². The number of nitrogens with zero attached hydrogens (tertiary/aromatic N) is 4. The molecule has 1 saturated heterocycles. The molecule has 7 heteroatoms. The van der Waals surface area contributed by atoms with Crippen LogP contribution in [-0.2, 0) is 0 Å². The molecule has 0 radical (unpaired) electrons. The van der Waals surface area contributed by atoms with Crippen molar-refractivity contribution in [2.75, 3.05) is 18.0 Å². The van der Waals surface area contributed by atoms with Gasteiger partial charge in [0.05, 0.1) is 11.4 Å². The van der Waals surface area contributed by atoms with Crippen LogP contribution in [0.2, 0.25) is 0 Å². The van der Waals surface area contributed by atoms with Gasteiger partial charge in [-0.2, -0.15) is 0 Å². The van der Waals surface area contributed by atoms with E-state index in [4.69, 9.17) is 4.98 Å². The third-order valence-electron chi connectivity index (χ3n) is 6.20. The first kappa shape index (κ1) is 19.0. The summed E-state index contributed by atoms with van der Waals surface area (Å²) in [6.45, 7) is 1.89. The topological polar surface area (TPSA) is 49.2 Å². The van der Waals surface area contributed by atoms with E-state index in [1.54, 1.807) is 18.3 Å². The summed E-state index contributed by atoms with van der Waals surface area (Å²) in [5, 5.41) is 0.521. The molecule has 0 unspecified atom stereocenters. The molecule has 5 nitrogen and oxygen atoms in total. The van der Waals surface area contributed by atoms with Gasteiger partial charge in [0.25, 0.3) is 0 Å². The SMILES string of the molecule is Fc1ccc(-c2nc3c(N4CCCCC4)nccn3c2-c2ccc3[nH]cc(F)c3c2)cc1. The zero-order chi connectivity index (χ0) is 21.7. The van der Waals surface area contributed by atoms with E-state index in [1.807, 2.05) is 28.8 Å². The maximum absolute atomic E-state index is 14.3. The van der Waals surface area contributed by atoms with E-state index in [1.165, 1.54) is 24.8 Å². The number of hydrogen-bond acceptors (Lipinski definition) is 3. The first-order valence-electron chi connectivity index (χ1n) is 10.8. The number of benzene rings is 2. The van der Waals surface area contributed by atoms with Crippen molar-refractivity contribution in [3.8, 4) is 22.5 Å². The number of aromatic nitrogens is 4. The molecule has 2 aromatic carbocycles. The Hall–Kier alpha value is -3.74. The van der Waals surface area contributed by atoms with Crippen molar-refractivity contribution in [3.05, 3.63) is 72.7 Å². The fourth-order valence-electron chi connectivity index (χ4n) is 4.61. The normalized spacial score (nSPS) is 14.5. The lowest BCUT2D eigenvalue weighted by Gasteiger charge is -2.27. The molecule has 3 aromatic heterocycles. The largest absolute Gasteiger partial charge is 0.359 e. The molecule has 1 aliphatic heterocycles. The molecule has 0 bridgehead atoms. The highest BCUT2D eigenvalue weighted by molar-refractivity contribution is 5.90. The van der Waals surface area contributed by atoms with Crippen LogP contribution in [0.4, 0.5) is 14.6 Å². The number of H-pyrrole nitrogens is 1. The van der Waals surface area contributed by atoms with E-state index < -0.39 is 0 Å². The van der Waals surface area contributed by atoms with Crippen LogP contribution in [0.1, 0.15) is 19.3 Å². The fourth-order valence-corrected chi connectivity index (χ4v) is 4.61. The zero-order valence-corrected chi connectivity index (χ0v) is 17.4. The van der Waals surface area contributed by atoms with Crippen LogP contribution in [0.15, 0.2) is 61.1 Å². The van der Waals surface area contributed by atoms with E-state index in [2.05, 4.69) is 14.9 Å². The van der Waals surface area contributed by atoms with Gasteiger partial charge in [0, 0.05) is 53.7 Å². The minimum atomic E-state index is -0.300. The Kier molecular flexibility index (Phi) is 4.41. The number of halogens is 2. The molecule has 0 spiro atoms. The Balaban J connectivity index is 1.63. The molecular formula is C25H21F2N5. The predicted octanol–water partition coefficient (Wildman–Crippen LogP) is 5.81. The number of anilines is 1. The summed E-state index contributed by atoms with van der Waals surface area (Å²) < 4.78 is 30.0. The van der Waals surface area contributed by atoms with Gasteiger partial charge in [-0.3, -0.25) is 4.40 Å². The minimum Gasteiger partial charge on any atom is -0.359 e. The summed E-state index contributed by atoms with van der Waals surface area (Å²) in [5.74, 6) is 0.246. The third-order valence-corrected chi connectivity index (χ3v) is 6.20. The monoisotopic (exact) mass is 429 g/mol. The van der Waals surface area contributed by atoms with Gasteiger partial charge in [-0.05, 0) is 55.7 Å². The smallest absolute Gasteiger partial charge is 0.181 e. The maximum atomic E-state index is 14.3. The molecule has 160 valence electrons. The molecule has 0 amide bonds. The third kappa shape index (κ3) is 3.04. The van der Waals surface area contributed by atoms with E-state index in [-0.39, 0.29) is 11.6 Å². The van der Waals surface area contributed by atoms with Gasteiger partial charge in [0.15, 0.2) is 11.5 Å². The van der Waals surface area contributed by atoms with Gasteiger partial charge in [-0.25, -0.2) is 18.7 Å². The predicted molar refractivity (Wildman–Crippen MR) is 122 cm³/mol. The second-order valence-electron chi connectivity index (χ2n) is 8.21. The Bertz CT molecular complexity index is 1430. The molecule has 4 heterocycles. The summed E-state index contributed by atoms with van der Waals surface area (Å²) in [5.41, 5.74) is 4.65. The van der Waals surface area contributed by atoms with Crippen molar-refractivity contribution in [2.45, 2.75) is 19.3 Å². The number of aromatic amines is 1. The highest BCUT2D eigenvalue weighted by Crippen LogP contribution is 2.36. The van der Waals surface area contributed by atoms with Crippen molar-refractivity contribution < 1.29 is 8.78 Å². The first-order valence-corrected chi connectivity index (χ1v) is 10.8. The average molecular weight is 429 g/mol. The first-order chi connectivity index (χ1) is 15.7. The van der Waals surface area contributed by atoms with Crippen LogP contribution < -0.4 is 4.90 Å². The van der Waals surface area contributed by atoms with E-state index in [0.717, 1.165) is 59.7 Å². The fraction of sp³-hybridized carbons (Fsp3) is 0.200. The van der Waals surface area contributed by atoms with Crippen LogP contribution in [0.5, 0.6) is 0 Å². The lowest BCUT2D eigenvalue weighted by Crippen LogP contribution is -2.30. The molecule has 0 atom stereocenters. The summed E-state index contributed by atoms with van der Waals surface area (Å²) in [7, 11) is 0. The number of rotatable bonds is 3. The van der Waals surface area contributed by atoms with Crippen LogP contribution in [0, 0.1) is 11.6 Å². The van der Waals surface area contributed by atoms with Crippen molar-refractivity contribution >= 4 is 22.4 Å². The molecule has 0 aliphatic carbocycles. The highest BCUT2D eigenvalue weighted by atomic mass is 19.1. The van der Waals surface area contributed by atoms with Gasteiger partial charge in [0.1, 0.15) is 11.6 Å². The lowest BCUT2D eigenvalue weighted by molar-refractivity contribution is 0.574. The van der Waals surface area contributed by atoms with E-state index >= 15 is 0 Å². The lowest BCUT2D eigenvalue weighted by atomic mass is 10.0. The maximum Gasteiger partial charge on any atom is 0.181 e. The highest BCUT2D eigenvalue weighted by Gasteiger charge is 2.22. The molecule has 32 heavy (non-hydrogen) atoms. The van der Waals surface area contributed by atoms with Crippen molar-refractivity contribution in [1.29, 1.82) is 0 Å². The molecule has 1 fully saturated rings. The summed E-state index contributed by atoms with van der Waals surface area (Å²) >= 11 is 0. The average Bonchev–Trinajstić information content (AvgIpc) is 3.40. The van der Waals surface area contributed by atoms with E-state index in [0.29, 0.717) is 11.1 Å². The number of piperidine rings is 1. The van der Waals surface area contributed by atoms with Gasteiger partial charge < -0.3 is 9.88 Å². The zero-order valence-electron chi connectivity index (χ0n) is 17.4. The Morgan fingerprint density at radius 2 is 1.69 bits per heavy atom. The second-order valence-corrected chi connectivity index (χ2v) is 8.21. The number of hydrogen-bond donors (Lipinski definition) is 1. The molecule has 5 aromatic rings. The Morgan fingerprint density at radius 1 is 0.906 bits per heavy atom. The Labute approximate surface area is 183 Å². The summed E-state index contributed by atoms with van der Waals surface area (Å²) in [6, 6.07) is 12.0. The van der Waals surface area contributed by atoms with Gasteiger partial charge in [-0.1, -0.05) is 6.07 Å². The summed E-state index contributed by atoms with van der Waals surface area (Å²) in [6.07, 6.45) is 8.52. The molecule has 1 aliphatic rings. The number of nitrogens with one attached hydrogen (secondary N) is 1. The minimum absolute atomic E-state index is 0.297. The van der Waals surface area contributed by atoms with Gasteiger partial charge >= 0.3 is 0 Å². The molecular weight excluding hydrogens is 408 g/mol. The number of imidazole rings is 1. The van der Waals surface area contributed by atoms with Crippen molar-refractivity contribution in [1.82, 2.24) is 19.4 Å². The van der Waals surface area contributed by atoms with Crippen LogP contribution in [0.25, 0.3) is 39.1 Å². The van der Waals surface area contributed by atoms with Gasteiger partial charge in [0.2, 0.25) is 0 Å². The quantitative estimate of drug-likeness (QED) is 0.394. The molecule has 0 saturated carbocycles. The number of fused-ring (bicyclic) bond motifs is 2. The molecule has 1 N–H and O–H groups in total. The second kappa shape index (κ2) is 7.44. The standard InChI is InChI=1S/C25H21F2N5/c26-18-7-4-16(5-8-18)22-23(17-6-9-21-19(14-17)20(27)15-29-21)32-13-10-28-24(25(32)30-22)31-11-2-1-3-12-31/h4-10,13-15,29H,1-3,11-12H2. The van der Waals surface area contributed by atoms with Crippen LogP contribution in [0.3, 0.4) is 0 Å². The van der Waals surface area contributed by atoms with E-state index in [9.17, 15) is 8.78 Å². The summed E-state index contributed by atoms with van der Waals surface area (Å²) in [4.78, 5) is 14.9. The van der Waals surface area contributed by atoms with Crippen molar-refractivity contribution in [2.24, 2.45) is 0 Å². The van der Waals surface area contributed by atoms with Crippen molar-refractivity contribution in [3.63, 3.8) is 0 Å². The van der Waals surface area contributed by atoms with Crippen LogP contribution >= 0.6 is 0 Å².